The van der Waals surface area contributed by atoms with Crippen LogP contribution in [0.2, 0.25) is 0 Å². The number of rotatable bonds is 4. The molecule has 4 nitrogen and oxygen atoms in total. The summed E-state index contributed by atoms with van der Waals surface area (Å²) in [6.07, 6.45) is 3.78. The lowest BCUT2D eigenvalue weighted by Crippen LogP contribution is -2.25. The first-order valence-electron chi connectivity index (χ1n) is 9.41. The van der Waals surface area contributed by atoms with Gasteiger partial charge in [0.2, 0.25) is 0 Å². The van der Waals surface area contributed by atoms with E-state index < -0.39 is 0 Å². The number of oxime groups is 1. The molecule has 0 bridgehead atoms. The van der Waals surface area contributed by atoms with E-state index in [2.05, 4.69) is 45.0 Å². The van der Waals surface area contributed by atoms with Gasteiger partial charge in [-0.3, -0.25) is 0 Å². The van der Waals surface area contributed by atoms with Crippen molar-refractivity contribution in [1.82, 2.24) is 0 Å². The average molecular weight is 367 g/mol. The highest BCUT2D eigenvalue weighted by molar-refractivity contribution is 5.92. The predicted molar refractivity (Wildman–Crippen MR) is 110 cm³/mol. The average Bonchev–Trinajstić information content (AvgIpc) is 2.64. The summed E-state index contributed by atoms with van der Waals surface area (Å²) in [6.45, 7) is 9.09. The van der Waals surface area contributed by atoms with Crippen LogP contribution in [0.15, 0.2) is 29.4 Å². The molecule has 0 fully saturated rings. The van der Waals surface area contributed by atoms with Crippen LogP contribution in [0.4, 0.5) is 0 Å². The van der Waals surface area contributed by atoms with Crippen molar-refractivity contribution in [2.75, 3.05) is 14.2 Å². The summed E-state index contributed by atoms with van der Waals surface area (Å²) in [5.41, 5.74) is 6.86. The van der Waals surface area contributed by atoms with E-state index >= 15 is 0 Å². The van der Waals surface area contributed by atoms with Crippen molar-refractivity contribution in [2.45, 2.75) is 51.9 Å². The van der Waals surface area contributed by atoms with Gasteiger partial charge in [-0.15, -0.1) is 0 Å². The second kappa shape index (κ2) is 7.26. The maximum atomic E-state index is 9.02. The van der Waals surface area contributed by atoms with Crippen molar-refractivity contribution < 1.29 is 14.7 Å². The topological polar surface area (TPSA) is 51.0 Å². The summed E-state index contributed by atoms with van der Waals surface area (Å²) < 4.78 is 11.4. The summed E-state index contributed by atoms with van der Waals surface area (Å²) in [7, 11) is 3.30. The van der Waals surface area contributed by atoms with Crippen molar-refractivity contribution in [1.29, 1.82) is 0 Å². The largest absolute Gasteiger partial charge is 0.496 e. The van der Waals surface area contributed by atoms with Crippen molar-refractivity contribution in [3.63, 3.8) is 0 Å². The fourth-order valence-corrected chi connectivity index (χ4v) is 4.25. The second-order valence-electron chi connectivity index (χ2n) is 8.09. The van der Waals surface area contributed by atoms with Crippen LogP contribution in [0.5, 0.6) is 11.5 Å². The second-order valence-corrected chi connectivity index (χ2v) is 8.09. The number of methoxy groups -OCH3 is 2. The Hall–Kier alpha value is -2.49. The molecule has 1 aliphatic carbocycles. The summed E-state index contributed by atoms with van der Waals surface area (Å²) in [4.78, 5) is 0. The first-order valence-corrected chi connectivity index (χ1v) is 9.41. The van der Waals surface area contributed by atoms with Crippen LogP contribution >= 0.6 is 0 Å². The monoisotopic (exact) mass is 367 g/mol. The first-order chi connectivity index (χ1) is 12.8. The van der Waals surface area contributed by atoms with Gasteiger partial charge in [0.15, 0.2) is 0 Å². The van der Waals surface area contributed by atoms with Crippen molar-refractivity contribution in [3.05, 3.63) is 46.5 Å². The van der Waals surface area contributed by atoms with Gasteiger partial charge in [0.25, 0.3) is 0 Å². The number of aryl methyl sites for hydroxylation is 1. The third kappa shape index (κ3) is 3.29. The van der Waals surface area contributed by atoms with Crippen LogP contribution in [-0.2, 0) is 5.41 Å². The molecule has 0 radical (unpaired) electrons. The minimum atomic E-state index is 0.134. The standard InChI is InChI=1S/C23H29NO3/c1-14-9-10-23(3,4)19-12-18(15(2)11-17(14)19)21-20(26-5)8-7-16(13-24-25)22(21)27-6/h7-8,11-14,25H,9-10H2,1-6H3. The lowest BCUT2D eigenvalue weighted by atomic mass is 9.68. The van der Waals surface area contributed by atoms with E-state index in [4.69, 9.17) is 14.7 Å². The fraction of sp³-hybridized carbons (Fsp3) is 0.435. The number of ether oxygens (including phenoxy) is 2. The third-order valence-corrected chi connectivity index (χ3v) is 5.90. The summed E-state index contributed by atoms with van der Waals surface area (Å²) in [5, 5.41) is 12.2. The minimum absolute atomic E-state index is 0.134. The molecule has 27 heavy (non-hydrogen) atoms. The van der Waals surface area contributed by atoms with Crippen LogP contribution in [0.25, 0.3) is 11.1 Å². The van der Waals surface area contributed by atoms with E-state index in [-0.39, 0.29) is 5.41 Å². The summed E-state index contributed by atoms with van der Waals surface area (Å²) >= 11 is 0. The molecule has 3 rings (SSSR count). The minimum Gasteiger partial charge on any atom is -0.496 e. The number of nitrogens with zero attached hydrogens (tertiary/aromatic N) is 1. The molecule has 1 N–H and O–H groups in total. The zero-order chi connectivity index (χ0) is 19.8. The normalized spacial score (nSPS) is 18.4. The first kappa shape index (κ1) is 19.3. The van der Waals surface area contributed by atoms with Gasteiger partial charge >= 0.3 is 0 Å². The zero-order valence-electron chi connectivity index (χ0n) is 17.1. The van der Waals surface area contributed by atoms with Gasteiger partial charge < -0.3 is 14.7 Å². The van der Waals surface area contributed by atoms with E-state index in [1.165, 1.54) is 35.7 Å². The number of hydrogen-bond acceptors (Lipinski definition) is 4. The molecular weight excluding hydrogens is 338 g/mol. The lowest BCUT2D eigenvalue weighted by molar-refractivity contribution is 0.321. The molecule has 0 saturated carbocycles. The molecule has 4 heteroatoms. The number of hydrogen-bond donors (Lipinski definition) is 1. The molecule has 1 aliphatic rings. The van der Waals surface area contributed by atoms with Crippen LogP contribution < -0.4 is 9.47 Å². The third-order valence-electron chi connectivity index (χ3n) is 5.90. The Balaban J connectivity index is 2.33. The Bertz CT molecular complexity index is 884. The van der Waals surface area contributed by atoms with Crippen molar-refractivity contribution >= 4 is 6.21 Å². The molecule has 2 aromatic carbocycles. The van der Waals surface area contributed by atoms with Crippen molar-refractivity contribution in [3.8, 4) is 22.6 Å². The Morgan fingerprint density at radius 1 is 1.19 bits per heavy atom. The van der Waals surface area contributed by atoms with E-state index in [1.807, 2.05) is 12.1 Å². The zero-order valence-corrected chi connectivity index (χ0v) is 17.1. The fourth-order valence-electron chi connectivity index (χ4n) is 4.25. The molecule has 0 aromatic heterocycles. The summed E-state index contributed by atoms with van der Waals surface area (Å²) in [6, 6.07) is 8.35. The molecule has 144 valence electrons. The highest BCUT2D eigenvalue weighted by Crippen LogP contribution is 2.48. The SMILES string of the molecule is COc1ccc(C=NO)c(OC)c1-c1cc2c(cc1C)C(C)CCC2(C)C. The van der Waals surface area contributed by atoms with Gasteiger partial charge in [0, 0.05) is 5.56 Å². The molecule has 1 unspecified atom stereocenters. The predicted octanol–water partition coefficient (Wildman–Crippen LogP) is 5.66. The molecule has 0 spiro atoms. The number of fused-ring (bicyclic) bond motifs is 1. The Kier molecular flexibility index (Phi) is 5.18. The van der Waals surface area contributed by atoms with Gasteiger partial charge in [-0.1, -0.05) is 32.0 Å². The quantitative estimate of drug-likeness (QED) is 0.431. The van der Waals surface area contributed by atoms with Gasteiger partial charge in [-0.25, -0.2) is 0 Å². The molecule has 1 atom stereocenters. The van der Waals surface area contributed by atoms with Crippen LogP contribution in [-0.4, -0.2) is 25.6 Å². The molecular formula is C23H29NO3. The van der Waals surface area contributed by atoms with Gasteiger partial charge in [0.1, 0.15) is 11.5 Å². The molecule has 0 saturated heterocycles. The van der Waals surface area contributed by atoms with Crippen LogP contribution in [0, 0.1) is 6.92 Å². The highest BCUT2D eigenvalue weighted by atomic mass is 16.5. The Morgan fingerprint density at radius 2 is 1.93 bits per heavy atom. The van der Waals surface area contributed by atoms with Crippen LogP contribution in [0.1, 0.15) is 61.8 Å². The summed E-state index contributed by atoms with van der Waals surface area (Å²) in [5.74, 6) is 1.96. The van der Waals surface area contributed by atoms with E-state index in [0.29, 0.717) is 17.2 Å². The van der Waals surface area contributed by atoms with Gasteiger partial charge in [-0.05, 0) is 71.6 Å². The molecule has 0 amide bonds. The molecule has 0 heterocycles. The maximum absolute atomic E-state index is 9.02. The maximum Gasteiger partial charge on any atom is 0.139 e. The molecule has 2 aromatic rings. The Labute approximate surface area is 161 Å². The smallest absolute Gasteiger partial charge is 0.139 e. The van der Waals surface area contributed by atoms with Gasteiger partial charge in [-0.2, -0.15) is 0 Å². The van der Waals surface area contributed by atoms with E-state index in [0.717, 1.165) is 16.9 Å². The molecule has 0 aliphatic heterocycles. The number of benzene rings is 2. The Morgan fingerprint density at radius 3 is 2.56 bits per heavy atom. The van der Waals surface area contributed by atoms with Crippen molar-refractivity contribution in [2.24, 2.45) is 5.16 Å². The van der Waals surface area contributed by atoms with E-state index in [9.17, 15) is 0 Å². The van der Waals surface area contributed by atoms with Gasteiger partial charge in [0.05, 0.1) is 26.0 Å². The van der Waals surface area contributed by atoms with Crippen LogP contribution in [0.3, 0.4) is 0 Å². The van der Waals surface area contributed by atoms with E-state index in [1.54, 1.807) is 14.2 Å². The highest BCUT2D eigenvalue weighted by Gasteiger charge is 2.32. The lowest BCUT2D eigenvalue weighted by Gasteiger charge is -2.37.